The van der Waals surface area contributed by atoms with E-state index in [1.165, 1.54) is 0 Å². The van der Waals surface area contributed by atoms with Crippen molar-refractivity contribution in [3.8, 4) is 23.0 Å². The molecule has 30 heavy (non-hydrogen) atoms. The van der Waals surface area contributed by atoms with Gasteiger partial charge in [-0.3, -0.25) is 0 Å². The first-order chi connectivity index (χ1) is 14.3. The summed E-state index contributed by atoms with van der Waals surface area (Å²) in [5.41, 5.74) is 2.13. The molecule has 0 aliphatic heterocycles. The van der Waals surface area contributed by atoms with Crippen LogP contribution < -0.4 is 0 Å². The highest BCUT2D eigenvalue weighted by Gasteiger charge is 2.30. The Labute approximate surface area is 179 Å². The predicted molar refractivity (Wildman–Crippen MR) is 121 cm³/mol. The van der Waals surface area contributed by atoms with Crippen molar-refractivity contribution >= 4 is 21.4 Å². The van der Waals surface area contributed by atoms with Crippen molar-refractivity contribution in [2.45, 2.75) is 25.9 Å². The molecule has 156 valence electrons. The van der Waals surface area contributed by atoms with Crippen molar-refractivity contribution in [3.63, 3.8) is 0 Å². The number of benzene rings is 2. The molecule has 0 amide bonds. The van der Waals surface area contributed by atoms with E-state index in [1.54, 1.807) is 23.5 Å². The van der Waals surface area contributed by atoms with Gasteiger partial charge in [-0.15, -0.1) is 17.9 Å². The number of unbranched alkanes of at least 4 members (excludes halogenated alkanes) is 1. The summed E-state index contributed by atoms with van der Waals surface area (Å²) in [6, 6.07) is 11.5. The van der Waals surface area contributed by atoms with Crippen LogP contribution in [0.25, 0.3) is 21.2 Å². The number of fused-ring (bicyclic) bond motifs is 1. The molecule has 1 aromatic heterocycles. The normalized spacial score (nSPS) is 11.5. The smallest absolute Gasteiger partial charge is 0.303 e. The van der Waals surface area contributed by atoms with Crippen molar-refractivity contribution in [3.05, 3.63) is 71.1 Å². The molecular weight excluding hydrogens is 403 g/mol. The maximum atomic E-state index is 12.8. The highest BCUT2D eigenvalue weighted by atomic mass is 32.1. The average Bonchev–Trinajstić information content (AvgIpc) is 3.02. The van der Waals surface area contributed by atoms with Crippen molar-refractivity contribution in [2.24, 2.45) is 0 Å². The topological polar surface area (TPSA) is 3.24 Å². The minimum Gasteiger partial charge on any atom is -0.303 e. The Balaban J connectivity index is 1.77. The number of halogens is 3. The van der Waals surface area contributed by atoms with Crippen LogP contribution in [0.4, 0.5) is 13.2 Å². The molecule has 3 rings (SSSR count). The molecule has 0 unspecified atom stereocenters. The van der Waals surface area contributed by atoms with E-state index in [4.69, 9.17) is 0 Å². The van der Waals surface area contributed by atoms with Crippen LogP contribution in [0, 0.1) is 18.8 Å². The average molecular weight is 428 g/mol. The maximum absolute atomic E-state index is 12.8. The molecule has 1 nitrogen and oxygen atoms in total. The van der Waals surface area contributed by atoms with Crippen LogP contribution in [0.3, 0.4) is 0 Å². The summed E-state index contributed by atoms with van der Waals surface area (Å²) in [5.74, 6) is 6.46. The van der Waals surface area contributed by atoms with E-state index in [9.17, 15) is 13.2 Å². The molecule has 0 fully saturated rings. The number of thiophene rings is 1. The number of alkyl halides is 3. The predicted octanol–water partition coefficient (Wildman–Crippen LogP) is 7.15. The lowest BCUT2D eigenvalue weighted by Gasteiger charge is -2.12. The number of rotatable bonds is 6. The summed E-state index contributed by atoms with van der Waals surface area (Å²) >= 11 is 1.64. The number of likely N-dealkylation sites (N-methyl/N-ethyl adjacent to an activating group) is 1. The van der Waals surface area contributed by atoms with Gasteiger partial charge >= 0.3 is 6.18 Å². The van der Waals surface area contributed by atoms with Gasteiger partial charge in [0.1, 0.15) is 0 Å². The van der Waals surface area contributed by atoms with Gasteiger partial charge in [-0.25, -0.2) is 0 Å². The van der Waals surface area contributed by atoms with Crippen molar-refractivity contribution in [2.75, 3.05) is 20.1 Å². The summed E-state index contributed by atoms with van der Waals surface area (Å²) in [5, 5.41) is 1.05. The standard InChI is InChI=1S/C25H24F3NS/c1-4-15-29(3)16-7-5-6-8-19-9-14-22-23(17-19)30-18(2)24(22)20-10-12-21(13-11-20)25(26,27)28/h4,9-14,17H,1,5,7,15-16H2,2-3H3. The Morgan fingerprint density at radius 3 is 2.53 bits per heavy atom. The minimum absolute atomic E-state index is 0.628. The molecular formula is C25H24F3NS. The second-order valence-corrected chi connectivity index (χ2v) is 8.53. The quantitative estimate of drug-likeness (QED) is 0.229. The maximum Gasteiger partial charge on any atom is 0.416 e. The van der Waals surface area contributed by atoms with Crippen molar-refractivity contribution in [1.29, 1.82) is 0 Å². The lowest BCUT2D eigenvalue weighted by molar-refractivity contribution is -0.137. The van der Waals surface area contributed by atoms with E-state index in [2.05, 4.69) is 36.4 Å². The Morgan fingerprint density at radius 1 is 1.13 bits per heavy atom. The van der Waals surface area contributed by atoms with Gasteiger partial charge in [-0.2, -0.15) is 13.2 Å². The van der Waals surface area contributed by atoms with Crippen LogP contribution in [0.1, 0.15) is 28.8 Å². The van der Waals surface area contributed by atoms with Crippen molar-refractivity contribution < 1.29 is 13.2 Å². The van der Waals surface area contributed by atoms with Gasteiger partial charge in [0.05, 0.1) is 5.56 Å². The fourth-order valence-electron chi connectivity index (χ4n) is 3.39. The monoisotopic (exact) mass is 427 g/mol. The third-order valence-electron chi connectivity index (χ3n) is 4.88. The van der Waals surface area contributed by atoms with Crippen LogP contribution in [-0.4, -0.2) is 25.0 Å². The van der Waals surface area contributed by atoms with Crippen LogP contribution in [-0.2, 0) is 6.18 Å². The molecule has 0 spiro atoms. The first-order valence-electron chi connectivity index (χ1n) is 9.78. The Kier molecular flexibility index (Phi) is 7.02. The van der Waals surface area contributed by atoms with E-state index < -0.39 is 11.7 Å². The number of nitrogens with zero attached hydrogens (tertiary/aromatic N) is 1. The molecule has 0 bridgehead atoms. The summed E-state index contributed by atoms with van der Waals surface area (Å²) in [4.78, 5) is 3.29. The molecule has 0 saturated heterocycles. The van der Waals surface area contributed by atoms with E-state index in [-0.39, 0.29) is 0 Å². The van der Waals surface area contributed by atoms with E-state index >= 15 is 0 Å². The van der Waals surface area contributed by atoms with Gasteiger partial charge in [0.25, 0.3) is 0 Å². The van der Waals surface area contributed by atoms with E-state index in [0.717, 1.165) is 69.7 Å². The summed E-state index contributed by atoms with van der Waals surface area (Å²) < 4.78 is 39.6. The molecule has 0 aliphatic rings. The molecule has 0 N–H and O–H groups in total. The van der Waals surface area contributed by atoms with Gasteiger partial charge in [0.2, 0.25) is 0 Å². The molecule has 1 heterocycles. The number of aryl methyl sites for hydroxylation is 1. The highest BCUT2D eigenvalue weighted by Crippen LogP contribution is 2.39. The Morgan fingerprint density at radius 2 is 1.87 bits per heavy atom. The zero-order chi connectivity index (χ0) is 21.7. The fraction of sp³-hybridized carbons (Fsp3) is 0.280. The van der Waals surface area contributed by atoms with Crippen LogP contribution >= 0.6 is 11.3 Å². The molecule has 2 aromatic carbocycles. The third kappa shape index (κ3) is 5.33. The second-order valence-electron chi connectivity index (χ2n) is 7.28. The summed E-state index contributed by atoms with van der Waals surface area (Å²) in [7, 11) is 2.07. The second kappa shape index (κ2) is 9.51. The highest BCUT2D eigenvalue weighted by molar-refractivity contribution is 7.19. The van der Waals surface area contributed by atoms with Crippen LogP contribution in [0.15, 0.2) is 55.1 Å². The van der Waals surface area contributed by atoms with Gasteiger partial charge in [-0.1, -0.05) is 36.1 Å². The zero-order valence-corrected chi connectivity index (χ0v) is 18.0. The third-order valence-corrected chi connectivity index (χ3v) is 5.95. The molecule has 0 saturated carbocycles. The Bertz CT molecular complexity index is 1080. The number of hydrogen-bond acceptors (Lipinski definition) is 2. The van der Waals surface area contributed by atoms with Crippen molar-refractivity contribution in [1.82, 2.24) is 4.90 Å². The molecule has 0 radical (unpaired) electrons. The molecule has 5 heteroatoms. The van der Waals surface area contributed by atoms with Gasteiger partial charge in [-0.05, 0) is 56.8 Å². The first kappa shape index (κ1) is 22.1. The molecule has 3 aromatic rings. The Hall–Kier alpha value is -2.55. The van der Waals surface area contributed by atoms with E-state index in [1.807, 2.05) is 25.1 Å². The molecule has 0 atom stereocenters. The largest absolute Gasteiger partial charge is 0.416 e. The van der Waals surface area contributed by atoms with Gasteiger partial charge < -0.3 is 4.90 Å². The summed E-state index contributed by atoms with van der Waals surface area (Å²) in [6.45, 7) is 7.60. The zero-order valence-electron chi connectivity index (χ0n) is 17.1. The SMILES string of the molecule is C=CCN(C)CCCC#Cc1ccc2c(-c3ccc(C(F)(F)F)cc3)c(C)sc2c1. The van der Waals surface area contributed by atoms with E-state index in [0.29, 0.717) is 0 Å². The minimum atomic E-state index is -4.32. The van der Waals surface area contributed by atoms with Crippen LogP contribution in [0.2, 0.25) is 0 Å². The lowest BCUT2D eigenvalue weighted by atomic mass is 10.00. The lowest BCUT2D eigenvalue weighted by Crippen LogP contribution is -2.19. The van der Waals surface area contributed by atoms with Gasteiger partial charge in [0, 0.05) is 39.1 Å². The molecule has 0 aliphatic carbocycles. The summed E-state index contributed by atoms with van der Waals surface area (Å²) in [6.07, 6.45) is -0.586. The van der Waals surface area contributed by atoms with Crippen LogP contribution in [0.5, 0.6) is 0 Å². The number of hydrogen-bond donors (Lipinski definition) is 0. The fourth-order valence-corrected chi connectivity index (χ4v) is 4.52. The first-order valence-corrected chi connectivity index (χ1v) is 10.6. The van der Waals surface area contributed by atoms with Gasteiger partial charge in [0.15, 0.2) is 0 Å².